The van der Waals surface area contributed by atoms with Gasteiger partial charge in [0, 0.05) is 31.2 Å². The lowest BCUT2D eigenvalue weighted by Gasteiger charge is -2.25. The van der Waals surface area contributed by atoms with Gasteiger partial charge in [-0.2, -0.15) is 0 Å². The molecule has 0 radical (unpaired) electrons. The van der Waals surface area contributed by atoms with E-state index in [0.717, 1.165) is 6.42 Å². The lowest BCUT2D eigenvalue weighted by atomic mass is 10.0. The number of carboxylic acids is 1. The fourth-order valence-electron chi connectivity index (χ4n) is 4.17. The number of carboxylic acid groups (broad SMARTS) is 1. The Morgan fingerprint density at radius 1 is 1.00 bits per heavy atom. The van der Waals surface area contributed by atoms with Gasteiger partial charge in [0.25, 0.3) is 0 Å². The van der Waals surface area contributed by atoms with Crippen molar-refractivity contribution in [3.63, 3.8) is 0 Å². The maximum Gasteiger partial charge on any atom is 0.326 e. The van der Waals surface area contributed by atoms with Gasteiger partial charge in [0.05, 0.1) is 12.4 Å². The van der Waals surface area contributed by atoms with Gasteiger partial charge in [0.2, 0.25) is 23.6 Å². The summed E-state index contributed by atoms with van der Waals surface area (Å²) in [6, 6.07) is 1.62. The quantitative estimate of drug-likeness (QED) is 0.138. The van der Waals surface area contributed by atoms with E-state index < -0.39 is 47.9 Å². The molecule has 1 fully saturated rings. The van der Waals surface area contributed by atoms with E-state index in [2.05, 4.69) is 31.2 Å². The Morgan fingerprint density at radius 3 is 2.28 bits per heavy atom. The van der Waals surface area contributed by atoms with Crippen LogP contribution >= 0.6 is 0 Å². The second-order valence-electron chi connectivity index (χ2n) is 9.33. The average molecular weight is 544 g/mol. The number of hydrogen-bond acceptors (Lipinski definition) is 8. The van der Waals surface area contributed by atoms with Crippen molar-refractivity contribution in [3.8, 4) is 5.75 Å². The molecule has 2 aromatic rings. The number of nitrogens with zero attached hydrogens (tertiary/aromatic N) is 1. The third kappa shape index (κ3) is 9.10. The number of imidazole rings is 1. The molecule has 2 heterocycles. The maximum atomic E-state index is 13.3. The number of carbonyl (C=O) groups excluding carboxylic acids is 4. The molecule has 0 bridgehead atoms. The highest BCUT2D eigenvalue weighted by molar-refractivity contribution is 5.94. The number of nitrogens with two attached hydrogens (primary N) is 1. The zero-order valence-corrected chi connectivity index (χ0v) is 21.2. The first-order valence-electron chi connectivity index (χ1n) is 12.5. The highest BCUT2D eigenvalue weighted by atomic mass is 16.4. The molecule has 1 aromatic carbocycles. The van der Waals surface area contributed by atoms with Gasteiger partial charge in [-0.05, 0) is 43.5 Å². The third-order valence-corrected chi connectivity index (χ3v) is 6.29. The third-order valence-electron chi connectivity index (χ3n) is 6.29. The molecule has 3 rings (SSSR count). The number of amides is 4. The van der Waals surface area contributed by atoms with E-state index in [4.69, 9.17) is 5.73 Å². The van der Waals surface area contributed by atoms with Crippen LogP contribution in [0.25, 0.3) is 0 Å². The molecule has 1 aromatic heterocycles. The molecule has 1 aliphatic heterocycles. The average Bonchev–Trinajstić information content (AvgIpc) is 3.61. The van der Waals surface area contributed by atoms with Gasteiger partial charge < -0.3 is 42.2 Å². The predicted molar refractivity (Wildman–Crippen MR) is 137 cm³/mol. The number of aromatic nitrogens is 2. The summed E-state index contributed by atoms with van der Waals surface area (Å²) < 4.78 is 0. The van der Waals surface area contributed by atoms with Crippen molar-refractivity contribution in [2.24, 2.45) is 5.73 Å². The summed E-state index contributed by atoms with van der Waals surface area (Å²) in [6.07, 6.45) is 3.88. The first-order chi connectivity index (χ1) is 18.6. The second-order valence-corrected chi connectivity index (χ2v) is 9.33. The molecular formula is C25H33N7O7. The van der Waals surface area contributed by atoms with Gasteiger partial charge in [-0.1, -0.05) is 12.1 Å². The maximum absolute atomic E-state index is 13.3. The Labute approximate surface area is 224 Å². The van der Waals surface area contributed by atoms with Crippen LogP contribution in [-0.4, -0.2) is 80.5 Å². The number of nitrogens with one attached hydrogen (secondary N) is 5. The van der Waals surface area contributed by atoms with E-state index in [-0.39, 0.29) is 37.3 Å². The molecule has 14 nitrogen and oxygen atoms in total. The number of phenolic OH excluding ortho intramolecular Hbond substituents is 1. The predicted octanol–water partition coefficient (Wildman–Crippen LogP) is -1.54. The molecule has 0 saturated carbocycles. The van der Waals surface area contributed by atoms with Crippen molar-refractivity contribution >= 4 is 29.6 Å². The lowest BCUT2D eigenvalue weighted by Crippen LogP contribution is -2.57. The highest BCUT2D eigenvalue weighted by Gasteiger charge is 2.32. The van der Waals surface area contributed by atoms with Gasteiger partial charge in [-0.25, -0.2) is 9.78 Å². The van der Waals surface area contributed by atoms with E-state index in [9.17, 15) is 34.2 Å². The summed E-state index contributed by atoms with van der Waals surface area (Å²) in [5.41, 5.74) is 6.35. The Kier molecular flexibility index (Phi) is 10.4. The van der Waals surface area contributed by atoms with Crippen molar-refractivity contribution in [2.75, 3.05) is 6.54 Å². The van der Waals surface area contributed by atoms with Gasteiger partial charge in [-0.3, -0.25) is 19.2 Å². The van der Waals surface area contributed by atoms with Gasteiger partial charge >= 0.3 is 5.97 Å². The smallest absolute Gasteiger partial charge is 0.326 e. The van der Waals surface area contributed by atoms with Crippen molar-refractivity contribution in [1.29, 1.82) is 0 Å². The molecule has 4 unspecified atom stereocenters. The van der Waals surface area contributed by atoms with E-state index >= 15 is 0 Å². The van der Waals surface area contributed by atoms with Crippen molar-refractivity contribution in [1.82, 2.24) is 31.2 Å². The van der Waals surface area contributed by atoms with E-state index in [1.165, 1.54) is 36.8 Å². The molecular weight excluding hydrogens is 510 g/mol. The molecule has 4 atom stereocenters. The Morgan fingerprint density at radius 2 is 1.69 bits per heavy atom. The summed E-state index contributed by atoms with van der Waals surface area (Å²) in [5, 5.41) is 29.8. The van der Waals surface area contributed by atoms with Crippen molar-refractivity contribution in [3.05, 3.63) is 48.0 Å². The van der Waals surface area contributed by atoms with Crippen molar-refractivity contribution < 1.29 is 34.2 Å². The minimum Gasteiger partial charge on any atom is -0.508 e. The van der Waals surface area contributed by atoms with E-state index in [0.29, 0.717) is 24.2 Å². The second kappa shape index (κ2) is 13.9. The largest absolute Gasteiger partial charge is 0.508 e. The zero-order valence-electron chi connectivity index (χ0n) is 21.2. The Hall–Kier alpha value is -4.46. The van der Waals surface area contributed by atoms with Crippen molar-refractivity contribution in [2.45, 2.75) is 62.7 Å². The van der Waals surface area contributed by atoms with Crippen LogP contribution in [-0.2, 0) is 36.8 Å². The Balaban J connectivity index is 1.73. The summed E-state index contributed by atoms with van der Waals surface area (Å²) in [4.78, 5) is 69.3. The van der Waals surface area contributed by atoms with Gasteiger partial charge in [0.1, 0.15) is 23.9 Å². The number of aromatic amines is 1. The monoisotopic (exact) mass is 543 g/mol. The highest BCUT2D eigenvalue weighted by Crippen LogP contribution is 2.12. The topological polar surface area (TPSA) is 229 Å². The van der Waals surface area contributed by atoms with Crippen LogP contribution in [0, 0.1) is 0 Å². The molecule has 1 saturated heterocycles. The standard InChI is InChI=1S/C25H33N7O7/c26-21(34)8-7-18(23(36)32-20(25(38)39)10-14-3-5-16(33)6-4-14)30-24(37)19(11-15-12-27-13-29-15)31-22(35)17-2-1-9-28-17/h3-6,12-13,17-20,28,33H,1-2,7-11H2,(H2,26,34)(H,27,29)(H,30,37)(H,31,35)(H,32,36)(H,38,39). The van der Waals surface area contributed by atoms with E-state index in [1.807, 2.05) is 0 Å². The first-order valence-corrected chi connectivity index (χ1v) is 12.5. The lowest BCUT2D eigenvalue weighted by molar-refractivity contribution is -0.142. The number of primary amides is 1. The van der Waals surface area contributed by atoms with Crippen LogP contribution < -0.4 is 27.0 Å². The molecule has 1 aliphatic rings. The van der Waals surface area contributed by atoms with Crippen LogP contribution in [0.2, 0.25) is 0 Å². The molecule has 39 heavy (non-hydrogen) atoms. The normalized spacial score (nSPS) is 17.0. The van der Waals surface area contributed by atoms with Crippen LogP contribution in [0.4, 0.5) is 0 Å². The Bertz CT molecular complexity index is 1150. The van der Waals surface area contributed by atoms with Crippen LogP contribution in [0.5, 0.6) is 5.75 Å². The molecule has 0 aliphatic carbocycles. The van der Waals surface area contributed by atoms with Gasteiger partial charge in [0.15, 0.2) is 0 Å². The number of phenols is 1. The summed E-state index contributed by atoms with van der Waals surface area (Å²) >= 11 is 0. The van der Waals surface area contributed by atoms with E-state index in [1.54, 1.807) is 0 Å². The zero-order chi connectivity index (χ0) is 28.4. The summed E-state index contributed by atoms with van der Waals surface area (Å²) in [6.45, 7) is 0.680. The molecule has 0 spiro atoms. The number of carbonyl (C=O) groups is 5. The number of hydrogen-bond donors (Lipinski definition) is 8. The van der Waals surface area contributed by atoms with Gasteiger partial charge in [-0.15, -0.1) is 0 Å². The summed E-state index contributed by atoms with van der Waals surface area (Å²) in [7, 11) is 0. The fourth-order valence-corrected chi connectivity index (χ4v) is 4.17. The molecule has 4 amide bonds. The first kappa shape index (κ1) is 29.1. The molecule has 210 valence electrons. The fraction of sp³-hybridized carbons (Fsp3) is 0.440. The summed E-state index contributed by atoms with van der Waals surface area (Å²) in [5.74, 6) is -3.93. The minimum absolute atomic E-state index is 0.00405. The SMILES string of the molecule is NC(=O)CCC(NC(=O)C(Cc1cnc[nH]1)NC(=O)C1CCCN1)C(=O)NC(Cc1ccc(O)cc1)C(=O)O. The van der Waals surface area contributed by atoms with Crippen LogP contribution in [0.1, 0.15) is 36.9 Å². The van der Waals surface area contributed by atoms with Crippen LogP contribution in [0.15, 0.2) is 36.8 Å². The number of aromatic hydroxyl groups is 1. The minimum atomic E-state index is -1.36. The molecule has 9 N–H and O–H groups in total. The number of aliphatic carboxylic acids is 1. The number of H-pyrrole nitrogens is 1. The van der Waals surface area contributed by atoms with Crippen LogP contribution in [0.3, 0.4) is 0 Å². The molecule has 14 heteroatoms. The number of benzene rings is 1. The number of rotatable bonds is 14.